The molecule has 0 amide bonds. The first kappa shape index (κ1) is 13.0. The molecule has 0 aromatic heterocycles. The molecule has 0 heterocycles. The molecule has 0 spiro atoms. The average Bonchev–Trinajstić information content (AvgIpc) is 2.23. The van der Waals surface area contributed by atoms with Crippen LogP contribution in [0.5, 0.6) is 0 Å². The molecule has 1 aliphatic carbocycles. The lowest BCUT2D eigenvalue weighted by Crippen LogP contribution is -2.40. The Balaban J connectivity index is 1.95. The maximum absolute atomic E-state index is 13.1. The lowest BCUT2D eigenvalue weighted by molar-refractivity contribution is 0.120. The lowest BCUT2D eigenvalue weighted by atomic mass is 9.91. The van der Waals surface area contributed by atoms with Crippen LogP contribution in [0.1, 0.15) is 31.2 Å². The smallest absolute Gasteiger partial charge is 0.123 e. The summed E-state index contributed by atoms with van der Waals surface area (Å²) in [5, 5.41) is 1.04. The van der Waals surface area contributed by atoms with Crippen LogP contribution in [0, 0.1) is 5.82 Å². The minimum absolute atomic E-state index is 0.128. The Kier molecular flexibility index (Phi) is 4.99. The van der Waals surface area contributed by atoms with Gasteiger partial charge in [0.1, 0.15) is 5.82 Å². The van der Waals surface area contributed by atoms with Gasteiger partial charge in [0.05, 0.1) is 0 Å². The predicted octanol–water partition coefficient (Wildman–Crippen LogP) is 3.97. The summed E-state index contributed by atoms with van der Waals surface area (Å²) in [6, 6.07) is 7.70. The Morgan fingerprint density at radius 2 is 2.18 bits per heavy atom. The van der Waals surface area contributed by atoms with E-state index in [2.05, 4.69) is 20.8 Å². The summed E-state index contributed by atoms with van der Waals surface area (Å²) in [5.74, 6) is -0.128. The highest BCUT2D eigenvalue weighted by atomic mass is 79.9. The van der Waals surface area contributed by atoms with Gasteiger partial charge in [-0.2, -0.15) is 0 Å². The van der Waals surface area contributed by atoms with Gasteiger partial charge in [0.2, 0.25) is 0 Å². The first-order valence-electron chi connectivity index (χ1n) is 6.34. The zero-order valence-electron chi connectivity index (χ0n) is 10.0. The Bertz CT molecular complexity index is 352. The SMILES string of the molecule is Fc1cccc(CN(CCCBr)C2CCC2)c1. The largest absolute Gasteiger partial charge is 0.296 e. The molecule has 3 heteroatoms. The summed E-state index contributed by atoms with van der Waals surface area (Å²) in [5.41, 5.74) is 1.09. The van der Waals surface area contributed by atoms with Crippen molar-refractivity contribution in [3.05, 3.63) is 35.6 Å². The van der Waals surface area contributed by atoms with Crippen molar-refractivity contribution in [2.75, 3.05) is 11.9 Å². The van der Waals surface area contributed by atoms with E-state index in [4.69, 9.17) is 0 Å². The van der Waals surface area contributed by atoms with Crippen molar-refractivity contribution in [2.45, 2.75) is 38.3 Å². The fraction of sp³-hybridized carbons (Fsp3) is 0.571. The highest BCUT2D eigenvalue weighted by Crippen LogP contribution is 2.26. The van der Waals surface area contributed by atoms with Crippen molar-refractivity contribution < 1.29 is 4.39 Å². The third kappa shape index (κ3) is 3.78. The van der Waals surface area contributed by atoms with Crippen LogP contribution in [0.2, 0.25) is 0 Å². The van der Waals surface area contributed by atoms with Crippen LogP contribution in [0.4, 0.5) is 4.39 Å². The summed E-state index contributed by atoms with van der Waals surface area (Å²) < 4.78 is 13.1. The van der Waals surface area contributed by atoms with Gasteiger partial charge in [0, 0.05) is 17.9 Å². The van der Waals surface area contributed by atoms with Gasteiger partial charge in [-0.3, -0.25) is 4.90 Å². The van der Waals surface area contributed by atoms with E-state index in [-0.39, 0.29) is 5.82 Å². The van der Waals surface area contributed by atoms with Gasteiger partial charge in [0.25, 0.3) is 0 Å². The Labute approximate surface area is 111 Å². The van der Waals surface area contributed by atoms with Crippen LogP contribution < -0.4 is 0 Å². The monoisotopic (exact) mass is 299 g/mol. The molecule has 1 aromatic carbocycles. The topological polar surface area (TPSA) is 3.24 Å². The number of rotatable bonds is 6. The number of alkyl halides is 1. The lowest BCUT2D eigenvalue weighted by Gasteiger charge is -2.37. The number of halogens is 2. The first-order chi connectivity index (χ1) is 8.29. The molecular formula is C14H19BrFN. The molecule has 2 rings (SSSR count). The summed E-state index contributed by atoms with van der Waals surface area (Å²) >= 11 is 3.48. The number of benzene rings is 1. The fourth-order valence-electron chi connectivity index (χ4n) is 2.28. The van der Waals surface area contributed by atoms with Crippen molar-refractivity contribution >= 4 is 15.9 Å². The van der Waals surface area contributed by atoms with E-state index in [9.17, 15) is 4.39 Å². The van der Waals surface area contributed by atoms with E-state index in [1.807, 2.05) is 6.07 Å². The van der Waals surface area contributed by atoms with E-state index in [0.29, 0.717) is 0 Å². The summed E-state index contributed by atoms with van der Waals surface area (Å²) in [4.78, 5) is 2.50. The van der Waals surface area contributed by atoms with Gasteiger partial charge in [-0.1, -0.05) is 34.5 Å². The molecular weight excluding hydrogens is 281 g/mol. The van der Waals surface area contributed by atoms with E-state index >= 15 is 0 Å². The molecule has 0 aliphatic heterocycles. The quantitative estimate of drug-likeness (QED) is 0.719. The van der Waals surface area contributed by atoms with Crippen LogP contribution in [-0.4, -0.2) is 22.8 Å². The van der Waals surface area contributed by atoms with Crippen LogP contribution in [0.25, 0.3) is 0 Å². The van der Waals surface area contributed by atoms with Gasteiger partial charge in [-0.25, -0.2) is 4.39 Å². The van der Waals surface area contributed by atoms with E-state index in [1.165, 1.54) is 25.3 Å². The average molecular weight is 300 g/mol. The Morgan fingerprint density at radius 1 is 1.35 bits per heavy atom. The number of nitrogens with zero attached hydrogens (tertiary/aromatic N) is 1. The minimum atomic E-state index is -0.128. The van der Waals surface area contributed by atoms with Crippen LogP contribution in [-0.2, 0) is 6.54 Å². The molecule has 0 atom stereocenters. The van der Waals surface area contributed by atoms with Crippen molar-refractivity contribution in [2.24, 2.45) is 0 Å². The molecule has 1 saturated carbocycles. The third-order valence-electron chi connectivity index (χ3n) is 3.44. The van der Waals surface area contributed by atoms with Gasteiger partial charge in [0.15, 0.2) is 0 Å². The van der Waals surface area contributed by atoms with E-state index < -0.39 is 0 Å². The van der Waals surface area contributed by atoms with Crippen molar-refractivity contribution in [1.82, 2.24) is 4.90 Å². The molecule has 0 saturated heterocycles. The van der Waals surface area contributed by atoms with Crippen molar-refractivity contribution in [3.8, 4) is 0 Å². The highest BCUT2D eigenvalue weighted by Gasteiger charge is 2.24. The molecule has 1 aliphatic rings. The minimum Gasteiger partial charge on any atom is -0.296 e. The molecule has 1 fully saturated rings. The van der Waals surface area contributed by atoms with Crippen LogP contribution in [0.3, 0.4) is 0 Å². The number of hydrogen-bond acceptors (Lipinski definition) is 1. The maximum atomic E-state index is 13.1. The summed E-state index contributed by atoms with van der Waals surface area (Å²) in [7, 11) is 0. The van der Waals surface area contributed by atoms with Gasteiger partial charge in [-0.15, -0.1) is 0 Å². The summed E-state index contributed by atoms with van der Waals surface area (Å²) in [6.07, 6.45) is 5.11. The standard InChI is InChI=1S/C14H19BrFN/c15-8-3-9-17(14-6-2-7-14)11-12-4-1-5-13(16)10-12/h1,4-5,10,14H,2-3,6-9,11H2. The van der Waals surface area contributed by atoms with Gasteiger partial charge < -0.3 is 0 Å². The third-order valence-corrected chi connectivity index (χ3v) is 4.01. The second-order valence-electron chi connectivity index (χ2n) is 4.73. The maximum Gasteiger partial charge on any atom is 0.123 e. The molecule has 17 heavy (non-hydrogen) atoms. The molecule has 0 N–H and O–H groups in total. The van der Waals surface area contributed by atoms with Crippen LogP contribution in [0.15, 0.2) is 24.3 Å². The second-order valence-corrected chi connectivity index (χ2v) is 5.52. The molecule has 0 unspecified atom stereocenters. The predicted molar refractivity (Wildman–Crippen MR) is 72.9 cm³/mol. The number of hydrogen-bond donors (Lipinski definition) is 0. The van der Waals surface area contributed by atoms with Crippen molar-refractivity contribution in [3.63, 3.8) is 0 Å². The normalized spacial score (nSPS) is 16.2. The Morgan fingerprint density at radius 3 is 2.76 bits per heavy atom. The zero-order valence-corrected chi connectivity index (χ0v) is 11.6. The van der Waals surface area contributed by atoms with E-state index in [1.54, 1.807) is 12.1 Å². The second kappa shape index (κ2) is 6.50. The molecule has 0 bridgehead atoms. The first-order valence-corrected chi connectivity index (χ1v) is 7.46. The summed E-state index contributed by atoms with van der Waals surface area (Å²) in [6.45, 7) is 1.99. The fourth-order valence-corrected chi connectivity index (χ4v) is 2.53. The van der Waals surface area contributed by atoms with Gasteiger partial charge >= 0.3 is 0 Å². The van der Waals surface area contributed by atoms with E-state index in [0.717, 1.165) is 36.4 Å². The molecule has 0 radical (unpaired) electrons. The zero-order chi connectivity index (χ0) is 12.1. The molecule has 1 aromatic rings. The molecule has 94 valence electrons. The molecule has 1 nitrogen and oxygen atoms in total. The van der Waals surface area contributed by atoms with Crippen LogP contribution >= 0.6 is 15.9 Å². The Hall–Kier alpha value is -0.410. The van der Waals surface area contributed by atoms with Gasteiger partial charge in [-0.05, 0) is 43.5 Å². The van der Waals surface area contributed by atoms with Crippen molar-refractivity contribution in [1.29, 1.82) is 0 Å². The highest BCUT2D eigenvalue weighted by molar-refractivity contribution is 9.09.